The fourth-order valence-corrected chi connectivity index (χ4v) is 2.83. The molecule has 0 unspecified atom stereocenters. The second-order valence-corrected chi connectivity index (χ2v) is 6.98. The Kier molecular flexibility index (Phi) is 7.64. The molecule has 0 aliphatic heterocycles. The maximum atomic E-state index is 12.2. The zero-order valence-corrected chi connectivity index (χ0v) is 15.3. The number of carbonyl (C=O) groups excluding carboxylic acids is 2. The van der Waals surface area contributed by atoms with Crippen LogP contribution in [0.3, 0.4) is 0 Å². The van der Waals surface area contributed by atoms with Crippen molar-refractivity contribution in [2.75, 3.05) is 13.1 Å². The predicted molar refractivity (Wildman–Crippen MR) is 99.5 cm³/mol. The number of nitrogens with one attached hydrogen (secondary N) is 2. The highest BCUT2D eigenvalue weighted by molar-refractivity contribution is 5.98. The first-order valence-electron chi connectivity index (χ1n) is 9.26. The molecule has 1 heterocycles. The van der Waals surface area contributed by atoms with Gasteiger partial charge in [-0.3, -0.25) is 14.6 Å². The van der Waals surface area contributed by atoms with Gasteiger partial charge < -0.3 is 10.6 Å². The minimum Gasteiger partial charge on any atom is -0.352 e. The average molecular weight is 343 g/mol. The Hall–Kier alpha value is -2.17. The van der Waals surface area contributed by atoms with E-state index in [9.17, 15) is 9.59 Å². The van der Waals surface area contributed by atoms with Crippen LogP contribution in [0.4, 0.5) is 0 Å². The van der Waals surface area contributed by atoms with E-state index in [1.165, 1.54) is 24.6 Å². The van der Waals surface area contributed by atoms with Crippen molar-refractivity contribution in [2.24, 2.45) is 5.92 Å². The van der Waals surface area contributed by atoms with Gasteiger partial charge in [0.2, 0.25) is 0 Å². The third-order valence-corrected chi connectivity index (χ3v) is 4.38. The van der Waals surface area contributed by atoms with Crippen molar-refractivity contribution < 1.29 is 9.59 Å². The molecule has 1 aliphatic rings. The maximum absolute atomic E-state index is 12.2. The molecule has 5 nitrogen and oxygen atoms in total. The van der Waals surface area contributed by atoms with Crippen molar-refractivity contribution in [1.29, 1.82) is 0 Å². The second-order valence-electron chi connectivity index (χ2n) is 6.98. The molecule has 0 spiro atoms. The molecule has 5 heteroatoms. The van der Waals surface area contributed by atoms with E-state index in [0.29, 0.717) is 24.6 Å². The van der Waals surface area contributed by atoms with Crippen molar-refractivity contribution in [3.05, 3.63) is 41.2 Å². The number of nitrogens with zero attached hydrogens (tertiary/aromatic N) is 1. The molecule has 0 aromatic carbocycles. The van der Waals surface area contributed by atoms with Gasteiger partial charge in [0.15, 0.2) is 0 Å². The number of aromatic nitrogens is 1. The molecule has 1 aromatic heterocycles. The van der Waals surface area contributed by atoms with Crippen LogP contribution >= 0.6 is 0 Å². The molecule has 0 saturated carbocycles. The summed E-state index contributed by atoms with van der Waals surface area (Å²) in [6, 6.07) is 3.19. The summed E-state index contributed by atoms with van der Waals surface area (Å²) in [6.07, 6.45) is 10.4. The first-order valence-corrected chi connectivity index (χ1v) is 9.26. The molecule has 2 rings (SSSR count). The van der Waals surface area contributed by atoms with Crippen LogP contribution in [0.25, 0.3) is 0 Å². The van der Waals surface area contributed by atoms with Gasteiger partial charge in [-0.05, 0) is 56.6 Å². The van der Waals surface area contributed by atoms with Crippen molar-refractivity contribution in [3.8, 4) is 0 Å². The molecule has 0 fully saturated rings. The number of hydrogen-bond donors (Lipinski definition) is 2. The smallest absolute Gasteiger partial charge is 0.269 e. The van der Waals surface area contributed by atoms with Gasteiger partial charge in [-0.15, -0.1) is 0 Å². The highest BCUT2D eigenvalue weighted by atomic mass is 16.2. The third-order valence-electron chi connectivity index (χ3n) is 4.38. The lowest BCUT2D eigenvalue weighted by molar-refractivity contribution is 0.0949. The Labute approximate surface area is 150 Å². The number of allylic oxidation sites excluding steroid dienone is 1. The summed E-state index contributed by atoms with van der Waals surface area (Å²) in [5, 5.41) is 5.77. The van der Waals surface area contributed by atoms with E-state index in [1.54, 1.807) is 12.1 Å². The quantitative estimate of drug-likeness (QED) is 0.710. The van der Waals surface area contributed by atoms with Gasteiger partial charge in [-0.2, -0.15) is 0 Å². The van der Waals surface area contributed by atoms with Crippen molar-refractivity contribution in [1.82, 2.24) is 15.6 Å². The highest BCUT2D eigenvalue weighted by Crippen LogP contribution is 2.19. The van der Waals surface area contributed by atoms with Crippen LogP contribution in [0.2, 0.25) is 0 Å². The van der Waals surface area contributed by atoms with Crippen LogP contribution in [0.1, 0.15) is 73.2 Å². The Morgan fingerprint density at radius 3 is 2.68 bits per heavy atom. The van der Waals surface area contributed by atoms with Gasteiger partial charge in [-0.1, -0.05) is 25.5 Å². The van der Waals surface area contributed by atoms with Crippen LogP contribution in [0.15, 0.2) is 30.0 Å². The van der Waals surface area contributed by atoms with Crippen molar-refractivity contribution in [3.63, 3.8) is 0 Å². The summed E-state index contributed by atoms with van der Waals surface area (Å²) in [6.45, 7) is 5.47. The average Bonchev–Trinajstić information content (AvgIpc) is 2.62. The van der Waals surface area contributed by atoms with Gasteiger partial charge in [-0.25, -0.2) is 0 Å². The number of amides is 2. The Balaban J connectivity index is 1.83. The van der Waals surface area contributed by atoms with Crippen molar-refractivity contribution >= 4 is 11.8 Å². The lowest BCUT2D eigenvalue weighted by Gasteiger charge is -2.13. The zero-order valence-electron chi connectivity index (χ0n) is 15.3. The van der Waals surface area contributed by atoms with E-state index >= 15 is 0 Å². The molecule has 2 amide bonds. The molecule has 0 atom stereocenters. The van der Waals surface area contributed by atoms with E-state index in [1.807, 2.05) is 0 Å². The largest absolute Gasteiger partial charge is 0.352 e. The monoisotopic (exact) mass is 343 g/mol. The van der Waals surface area contributed by atoms with Gasteiger partial charge in [0, 0.05) is 24.8 Å². The first-order chi connectivity index (χ1) is 12.1. The lowest BCUT2D eigenvalue weighted by atomic mass is 9.97. The van der Waals surface area contributed by atoms with Crippen LogP contribution in [0.5, 0.6) is 0 Å². The summed E-state index contributed by atoms with van der Waals surface area (Å²) in [5.41, 5.74) is 2.19. The Bertz CT molecular complexity index is 623. The second kappa shape index (κ2) is 9.97. The van der Waals surface area contributed by atoms with E-state index in [0.717, 1.165) is 25.7 Å². The summed E-state index contributed by atoms with van der Waals surface area (Å²) in [7, 11) is 0. The minimum absolute atomic E-state index is 0.163. The predicted octanol–water partition coefficient (Wildman–Crippen LogP) is 3.48. The van der Waals surface area contributed by atoms with Crippen LogP contribution < -0.4 is 10.6 Å². The van der Waals surface area contributed by atoms with Gasteiger partial charge in [0.25, 0.3) is 11.8 Å². The van der Waals surface area contributed by atoms with E-state index in [-0.39, 0.29) is 17.5 Å². The molecule has 1 aromatic rings. The summed E-state index contributed by atoms with van der Waals surface area (Å²) < 4.78 is 0. The molecule has 1 aliphatic carbocycles. The van der Waals surface area contributed by atoms with Gasteiger partial charge in [0.05, 0.1) is 0 Å². The molecular weight excluding hydrogens is 314 g/mol. The Morgan fingerprint density at radius 2 is 1.96 bits per heavy atom. The zero-order chi connectivity index (χ0) is 18.1. The Morgan fingerprint density at radius 1 is 1.16 bits per heavy atom. The third kappa shape index (κ3) is 6.69. The molecule has 0 saturated heterocycles. The molecule has 0 bridgehead atoms. The maximum Gasteiger partial charge on any atom is 0.269 e. The van der Waals surface area contributed by atoms with Crippen LogP contribution in [0, 0.1) is 5.92 Å². The number of hydrogen-bond acceptors (Lipinski definition) is 3. The number of carbonyl (C=O) groups is 2. The van der Waals surface area contributed by atoms with E-state index in [2.05, 4.69) is 35.5 Å². The highest BCUT2D eigenvalue weighted by Gasteiger charge is 2.12. The van der Waals surface area contributed by atoms with Crippen LogP contribution in [-0.4, -0.2) is 29.9 Å². The van der Waals surface area contributed by atoms with Gasteiger partial charge >= 0.3 is 0 Å². The SMILES string of the molecule is CC(C)CCNC(=O)c1ccnc(C(=O)NCCC2=CCCCC2)c1. The number of pyridine rings is 1. The van der Waals surface area contributed by atoms with Crippen molar-refractivity contribution in [2.45, 2.75) is 52.4 Å². The topological polar surface area (TPSA) is 71.1 Å². The lowest BCUT2D eigenvalue weighted by Crippen LogP contribution is -2.28. The standard InChI is InChI=1S/C20H29N3O2/c1-15(2)8-11-22-19(24)17-10-13-21-18(14-17)20(25)23-12-9-16-6-4-3-5-7-16/h6,10,13-15H,3-5,7-9,11-12H2,1-2H3,(H,22,24)(H,23,25). The summed E-state index contributed by atoms with van der Waals surface area (Å²) >= 11 is 0. The molecular formula is C20H29N3O2. The molecule has 25 heavy (non-hydrogen) atoms. The summed E-state index contributed by atoms with van der Waals surface area (Å²) in [5.74, 6) is 0.149. The fraction of sp³-hybridized carbons (Fsp3) is 0.550. The van der Waals surface area contributed by atoms with E-state index in [4.69, 9.17) is 0 Å². The van der Waals surface area contributed by atoms with E-state index < -0.39 is 0 Å². The first kappa shape index (κ1) is 19.2. The number of rotatable bonds is 8. The molecule has 0 radical (unpaired) electrons. The molecule has 136 valence electrons. The normalized spacial score (nSPS) is 14.1. The fourth-order valence-electron chi connectivity index (χ4n) is 2.83. The van der Waals surface area contributed by atoms with Crippen LogP contribution in [-0.2, 0) is 0 Å². The van der Waals surface area contributed by atoms with Gasteiger partial charge in [0.1, 0.15) is 5.69 Å². The summed E-state index contributed by atoms with van der Waals surface area (Å²) in [4.78, 5) is 28.5. The minimum atomic E-state index is -0.228. The molecule has 2 N–H and O–H groups in total.